The van der Waals surface area contributed by atoms with Crippen molar-refractivity contribution in [2.75, 3.05) is 18.7 Å². The van der Waals surface area contributed by atoms with Gasteiger partial charge < -0.3 is 10.1 Å². The van der Waals surface area contributed by atoms with Gasteiger partial charge in [0.2, 0.25) is 0 Å². The van der Waals surface area contributed by atoms with Crippen molar-refractivity contribution < 1.29 is 18.3 Å². The van der Waals surface area contributed by atoms with Crippen LogP contribution in [0.5, 0.6) is 0 Å². The molecular formula is C19H15F2N3O2S. The van der Waals surface area contributed by atoms with Crippen LogP contribution in [0.1, 0.15) is 10.5 Å². The third-order valence-corrected chi connectivity index (χ3v) is 4.50. The van der Waals surface area contributed by atoms with Crippen molar-refractivity contribution in [3.8, 4) is 11.3 Å². The molecule has 1 heterocycles. The number of carbonyl (C=O) groups is 1. The maximum Gasteiger partial charge on any atom is 0.360 e. The van der Waals surface area contributed by atoms with E-state index in [1.54, 1.807) is 11.8 Å². The third-order valence-electron chi connectivity index (χ3n) is 3.76. The number of nitrogens with zero attached hydrogens (tertiary/aromatic N) is 2. The highest BCUT2D eigenvalue weighted by atomic mass is 32.2. The van der Waals surface area contributed by atoms with Gasteiger partial charge >= 0.3 is 5.97 Å². The zero-order chi connectivity index (χ0) is 19.4. The van der Waals surface area contributed by atoms with Crippen molar-refractivity contribution in [2.24, 2.45) is 0 Å². The van der Waals surface area contributed by atoms with Crippen LogP contribution in [0, 0.1) is 11.6 Å². The predicted octanol–water partition coefficient (Wildman–Crippen LogP) is 4.67. The van der Waals surface area contributed by atoms with E-state index in [1.165, 1.54) is 19.2 Å². The number of nitrogens with one attached hydrogen (secondary N) is 1. The molecule has 3 aromatic rings. The van der Waals surface area contributed by atoms with Crippen molar-refractivity contribution in [2.45, 2.75) is 4.90 Å². The number of ether oxygens (including phenoxy) is 1. The number of anilines is 2. The minimum Gasteiger partial charge on any atom is -0.464 e. The molecule has 138 valence electrons. The molecule has 3 rings (SSSR count). The summed E-state index contributed by atoms with van der Waals surface area (Å²) in [7, 11) is 1.21. The molecule has 0 radical (unpaired) electrons. The van der Waals surface area contributed by atoms with Crippen molar-refractivity contribution in [1.82, 2.24) is 10.2 Å². The van der Waals surface area contributed by atoms with E-state index in [0.717, 1.165) is 17.0 Å². The number of hydrogen-bond acceptors (Lipinski definition) is 6. The number of carbonyl (C=O) groups excluding carboxylic acids is 1. The SMILES string of the molecule is COC(=O)c1nnc(-c2c(F)cccc2F)cc1Nc1ccc(SC)cc1. The van der Waals surface area contributed by atoms with Crippen LogP contribution in [0.2, 0.25) is 0 Å². The minimum atomic E-state index is -0.773. The maximum atomic E-state index is 14.1. The lowest BCUT2D eigenvalue weighted by Crippen LogP contribution is -2.10. The van der Waals surface area contributed by atoms with Crippen LogP contribution < -0.4 is 5.32 Å². The molecule has 0 saturated heterocycles. The van der Waals surface area contributed by atoms with Gasteiger partial charge in [-0.05, 0) is 48.7 Å². The van der Waals surface area contributed by atoms with Gasteiger partial charge in [-0.2, -0.15) is 0 Å². The molecule has 0 amide bonds. The summed E-state index contributed by atoms with van der Waals surface area (Å²) in [6, 6.07) is 12.3. The number of rotatable bonds is 5. The first-order valence-corrected chi connectivity index (χ1v) is 9.07. The first-order chi connectivity index (χ1) is 13.0. The van der Waals surface area contributed by atoms with E-state index >= 15 is 0 Å². The number of hydrogen-bond donors (Lipinski definition) is 1. The summed E-state index contributed by atoms with van der Waals surface area (Å²) in [5.74, 6) is -2.26. The second-order valence-corrected chi connectivity index (χ2v) is 6.31. The zero-order valence-electron chi connectivity index (χ0n) is 14.5. The van der Waals surface area contributed by atoms with Gasteiger partial charge in [0.25, 0.3) is 0 Å². The fourth-order valence-corrected chi connectivity index (χ4v) is 2.84. The van der Waals surface area contributed by atoms with Gasteiger partial charge in [-0.3, -0.25) is 0 Å². The van der Waals surface area contributed by atoms with Crippen LogP contribution in [0.15, 0.2) is 53.4 Å². The Labute approximate surface area is 158 Å². The molecule has 27 heavy (non-hydrogen) atoms. The van der Waals surface area contributed by atoms with Crippen molar-refractivity contribution in [3.05, 3.63) is 65.9 Å². The molecule has 8 heteroatoms. The molecule has 2 aromatic carbocycles. The summed E-state index contributed by atoms with van der Waals surface area (Å²) >= 11 is 1.59. The average Bonchev–Trinajstić information content (AvgIpc) is 2.68. The van der Waals surface area contributed by atoms with Crippen LogP contribution in [0.25, 0.3) is 11.3 Å². The quantitative estimate of drug-likeness (QED) is 0.507. The largest absolute Gasteiger partial charge is 0.464 e. The Hall–Kier alpha value is -3.00. The van der Waals surface area contributed by atoms with E-state index in [2.05, 4.69) is 15.5 Å². The second-order valence-electron chi connectivity index (χ2n) is 5.43. The van der Waals surface area contributed by atoms with Crippen molar-refractivity contribution in [1.29, 1.82) is 0 Å². The highest BCUT2D eigenvalue weighted by Gasteiger charge is 2.20. The molecule has 0 aliphatic rings. The predicted molar refractivity (Wildman–Crippen MR) is 100 cm³/mol. The van der Waals surface area contributed by atoms with Gasteiger partial charge in [0, 0.05) is 10.6 Å². The molecule has 0 fully saturated rings. The lowest BCUT2D eigenvalue weighted by molar-refractivity contribution is 0.0594. The zero-order valence-corrected chi connectivity index (χ0v) is 15.3. The van der Waals surface area contributed by atoms with Crippen LogP contribution >= 0.6 is 11.8 Å². The Balaban J connectivity index is 2.07. The molecule has 0 aliphatic heterocycles. The normalized spacial score (nSPS) is 10.5. The molecule has 0 spiro atoms. The number of methoxy groups -OCH3 is 1. The van der Waals surface area contributed by atoms with Crippen molar-refractivity contribution in [3.63, 3.8) is 0 Å². The van der Waals surface area contributed by atoms with E-state index in [1.807, 2.05) is 30.5 Å². The maximum absolute atomic E-state index is 14.1. The van der Waals surface area contributed by atoms with E-state index in [4.69, 9.17) is 4.74 Å². The second kappa shape index (κ2) is 8.13. The van der Waals surface area contributed by atoms with Crippen LogP contribution in [0.3, 0.4) is 0 Å². The van der Waals surface area contributed by atoms with Crippen LogP contribution in [0.4, 0.5) is 20.2 Å². The molecule has 0 atom stereocenters. The Morgan fingerprint density at radius 2 is 1.74 bits per heavy atom. The summed E-state index contributed by atoms with van der Waals surface area (Å²) in [5.41, 5.74) is 0.452. The standard InChI is InChI=1S/C19H15F2N3O2S/c1-26-19(25)18-16(22-11-6-8-12(27-2)9-7-11)10-15(23-24-18)17-13(20)4-3-5-14(17)21/h3-10H,1-2H3,(H,22,23). The topological polar surface area (TPSA) is 64.1 Å². The van der Waals surface area contributed by atoms with E-state index in [0.29, 0.717) is 5.69 Å². The summed E-state index contributed by atoms with van der Waals surface area (Å²) in [5, 5.41) is 10.6. The van der Waals surface area contributed by atoms with Crippen LogP contribution in [-0.2, 0) is 4.74 Å². The fourth-order valence-electron chi connectivity index (χ4n) is 2.43. The number of benzene rings is 2. The first kappa shape index (κ1) is 18.8. The first-order valence-electron chi connectivity index (χ1n) is 7.85. The summed E-state index contributed by atoms with van der Waals surface area (Å²) in [6.07, 6.45) is 1.96. The molecule has 5 nitrogen and oxygen atoms in total. The Morgan fingerprint density at radius 1 is 1.07 bits per heavy atom. The highest BCUT2D eigenvalue weighted by molar-refractivity contribution is 7.98. The number of halogens is 2. The average molecular weight is 387 g/mol. The van der Waals surface area contributed by atoms with Gasteiger partial charge in [-0.15, -0.1) is 22.0 Å². The van der Waals surface area contributed by atoms with E-state index in [-0.39, 0.29) is 22.6 Å². The van der Waals surface area contributed by atoms with Gasteiger partial charge in [-0.1, -0.05) is 6.07 Å². The van der Waals surface area contributed by atoms with E-state index in [9.17, 15) is 13.6 Å². The minimum absolute atomic E-state index is 0.0403. The monoisotopic (exact) mass is 387 g/mol. The molecular weight excluding hydrogens is 372 g/mol. The smallest absolute Gasteiger partial charge is 0.360 e. The Morgan fingerprint density at radius 3 is 2.33 bits per heavy atom. The number of thioether (sulfide) groups is 1. The number of esters is 1. The Bertz CT molecular complexity index is 961. The molecule has 0 saturated carbocycles. The molecule has 0 unspecified atom stereocenters. The summed E-state index contributed by atoms with van der Waals surface area (Å²) in [6.45, 7) is 0. The lowest BCUT2D eigenvalue weighted by atomic mass is 10.1. The van der Waals surface area contributed by atoms with Crippen molar-refractivity contribution >= 4 is 29.1 Å². The molecule has 1 aromatic heterocycles. The van der Waals surface area contributed by atoms with Gasteiger partial charge in [0.05, 0.1) is 18.4 Å². The number of aromatic nitrogens is 2. The summed E-state index contributed by atoms with van der Waals surface area (Å²) < 4.78 is 32.9. The fraction of sp³-hybridized carbons (Fsp3) is 0.105. The third kappa shape index (κ3) is 4.06. The van der Waals surface area contributed by atoms with Gasteiger partial charge in [0.1, 0.15) is 17.3 Å². The highest BCUT2D eigenvalue weighted by Crippen LogP contribution is 2.29. The van der Waals surface area contributed by atoms with Gasteiger partial charge in [0.15, 0.2) is 5.69 Å². The van der Waals surface area contributed by atoms with Gasteiger partial charge in [-0.25, -0.2) is 13.6 Å². The Kier molecular flexibility index (Phi) is 5.66. The molecule has 0 bridgehead atoms. The summed E-state index contributed by atoms with van der Waals surface area (Å²) in [4.78, 5) is 13.1. The molecule has 1 N–H and O–H groups in total. The van der Waals surface area contributed by atoms with Crippen LogP contribution in [-0.4, -0.2) is 29.5 Å². The van der Waals surface area contributed by atoms with E-state index < -0.39 is 17.6 Å². The molecule has 0 aliphatic carbocycles. The lowest BCUT2D eigenvalue weighted by Gasteiger charge is -2.12.